The van der Waals surface area contributed by atoms with E-state index in [0.717, 1.165) is 49.5 Å². The van der Waals surface area contributed by atoms with Crippen molar-refractivity contribution < 1.29 is 9.53 Å². The van der Waals surface area contributed by atoms with Gasteiger partial charge in [0.1, 0.15) is 0 Å². The molecule has 134 valence electrons. The highest BCUT2D eigenvalue weighted by molar-refractivity contribution is 5.91. The molecule has 4 rings (SSSR count). The third-order valence-electron chi connectivity index (χ3n) is 8.12. The van der Waals surface area contributed by atoms with E-state index in [-0.39, 0.29) is 0 Å². The molecule has 0 N–H and O–H groups in total. The number of rotatable bonds is 4. The fourth-order valence-electron chi connectivity index (χ4n) is 7.12. The fraction of sp³-hybridized carbons (Fsp3) is 0.864. The molecule has 6 atom stereocenters. The van der Waals surface area contributed by atoms with Gasteiger partial charge in [-0.15, -0.1) is 0 Å². The van der Waals surface area contributed by atoms with Gasteiger partial charge in [-0.1, -0.05) is 19.4 Å². The van der Waals surface area contributed by atoms with E-state index in [0.29, 0.717) is 17.3 Å². The maximum Gasteiger partial charge on any atom is 0.155 e. The van der Waals surface area contributed by atoms with Gasteiger partial charge in [0.25, 0.3) is 0 Å². The Hall–Kier alpha value is -0.630. The minimum Gasteiger partial charge on any atom is -0.378 e. The summed E-state index contributed by atoms with van der Waals surface area (Å²) >= 11 is 0. The van der Waals surface area contributed by atoms with Gasteiger partial charge in [0.15, 0.2) is 5.78 Å². The van der Waals surface area contributed by atoms with Crippen molar-refractivity contribution in [2.75, 3.05) is 6.61 Å². The Morgan fingerprint density at radius 3 is 2.75 bits per heavy atom. The van der Waals surface area contributed by atoms with Gasteiger partial charge in [0.2, 0.25) is 0 Å². The number of allylic oxidation sites excluding steroid dienone is 1. The summed E-state index contributed by atoms with van der Waals surface area (Å²) in [6.07, 6.45) is 14.8. The monoisotopic (exact) mass is 330 g/mol. The van der Waals surface area contributed by atoms with Crippen molar-refractivity contribution in [2.45, 2.75) is 84.2 Å². The van der Waals surface area contributed by atoms with Crippen LogP contribution in [0.1, 0.15) is 78.1 Å². The van der Waals surface area contributed by atoms with Gasteiger partial charge in [0, 0.05) is 13.0 Å². The van der Waals surface area contributed by atoms with E-state index in [1.54, 1.807) is 0 Å². The van der Waals surface area contributed by atoms with Gasteiger partial charge < -0.3 is 4.74 Å². The molecule has 2 nitrogen and oxygen atoms in total. The highest BCUT2D eigenvalue weighted by atomic mass is 16.5. The van der Waals surface area contributed by atoms with Gasteiger partial charge in [-0.25, -0.2) is 0 Å². The normalized spacial score (nSPS) is 44.5. The SMILES string of the molecule is CCCO[C@H]1CC[C@H]2[C@@H]3CCC4=CC(=O)CC[C@@H]4[C@H]3CCC12CC. The first-order valence-electron chi connectivity index (χ1n) is 10.5. The number of hydrogen-bond acceptors (Lipinski definition) is 2. The largest absolute Gasteiger partial charge is 0.378 e. The van der Waals surface area contributed by atoms with Crippen molar-refractivity contribution in [3.05, 3.63) is 11.6 Å². The van der Waals surface area contributed by atoms with Crippen LogP contribution in [0.15, 0.2) is 11.6 Å². The smallest absolute Gasteiger partial charge is 0.155 e. The molecule has 0 spiro atoms. The van der Waals surface area contributed by atoms with Crippen LogP contribution in [0.5, 0.6) is 0 Å². The summed E-state index contributed by atoms with van der Waals surface area (Å²) in [5.74, 6) is 3.73. The maximum atomic E-state index is 11.8. The summed E-state index contributed by atoms with van der Waals surface area (Å²) < 4.78 is 6.36. The molecule has 4 aliphatic rings. The molecule has 0 bridgehead atoms. The highest BCUT2D eigenvalue weighted by Gasteiger charge is 2.57. The van der Waals surface area contributed by atoms with E-state index in [4.69, 9.17) is 4.74 Å². The summed E-state index contributed by atoms with van der Waals surface area (Å²) in [7, 11) is 0. The van der Waals surface area contributed by atoms with Crippen molar-refractivity contribution in [2.24, 2.45) is 29.1 Å². The lowest BCUT2D eigenvalue weighted by molar-refractivity contribution is -0.116. The number of hydrogen-bond donors (Lipinski definition) is 0. The van der Waals surface area contributed by atoms with Crippen LogP contribution in [0.25, 0.3) is 0 Å². The molecule has 0 amide bonds. The molecule has 3 saturated carbocycles. The maximum absolute atomic E-state index is 11.8. The zero-order valence-corrected chi connectivity index (χ0v) is 15.6. The average Bonchev–Trinajstić information content (AvgIpc) is 2.98. The van der Waals surface area contributed by atoms with Gasteiger partial charge in [-0.05, 0) is 93.0 Å². The van der Waals surface area contributed by atoms with Crippen LogP contribution in [0.2, 0.25) is 0 Å². The predicted molar refractivity (Wildman–Crippen MR) is 96.7 cm³/mol. The lowest BCUT2D eigenvalue weighted by Crippen LogP contribution is -2.49. The zero-order chi connectivity index (χ0) is 16.7. The highest BCUT2D eigenvalue weighted by Crippen LogP contribution is 2.63. The molecule has 1 unspecified atom stereocenters. The van der Waals surface area contributed by atoms with Gasteiger partial charge in [-0.3, -0.25) is 4.79 Å². The summed E-state index contributed by atoms with van der Waals surface area (Å²) in [5.41, 5.74) is 1.97. The zero-order valence-electron chi connectivity index (χ0n) is 15.6. The molecule has 0 saturated heterocycles. The van der Waals surface area contributed by atoms with Crippen molar-refractivity contribution in [1.29, 1.82) is 0 Å². The summed E-state index contributed by atoms with van der Waals surface area (Å²) in [5, 5.41) is 0. The van der Waals surface area contributed by atoms with Gasteiger partial charge in [0.05, 0.1) is 6.10 Å². The van der Waals surface area contributed by atoms with Crippen molar-refractivity contribution in [1.82, 2.24) is 0 Å². The van der Waals surface area contributed by atoms with Crippen LogP contribution >= 0.6 is 0 Å². The molecule has 0 aromatic carbocycles. The third kappa shape index (κ3) is 2.52. The lowest BCUT2D eigenvalue weighted by Gasteiger charge is -2.54. The number of fused-ring (bicyclic) bond motifs is 5. The van der Waals surface area contributed by atoms with Crippen LogP contribution < -0.4 is 0 Å². The first-order chi connectivity index (χ1) is 11.7. The molecule has 0 aliphatic heterocycles. The Bertz CT molecular complexity index is 522. The molecular weight excluding hydrogens is 296 g/mol. The van der Waals surface area contributed by atoms with Crippen LogP contribution in [0, 0.1) is 29.1 Å². The van der Waals surface area contributed by atoms with E-state index in [1.165, 1.54) is 50.5 Å². The molecule has 0 aromatic heterocycles. The van der Waals surface area contributed by atoms with Crippen LogP contribution in [-0.2, 0) is 9.53 Å². The van der Waals surface area contributed by atoms with Crippen molar-refractivity contribution in [3.8, 4) is 0 Å². The second-order valence-electron chi connectivity index (χ2n) is 8.87. The molecule has 2 heteroatoms. The molecule has 4 aliphatic carbocycles. The summed E-state index contributed by atoms with van der Waals surface area (Å²) in [6, 6.07) is 0. The third-order valence-corrected chi connectivity index (χ3v) is 8.12. The summed E-state index contributed by atoms with van der Waals surface area (Å²) in [6.45, 7) is 5.57. The van der Waals surface area contributed by atoms with E-state index < -0.39 is 0 Å². The van der Waals surface area contributed by atoms with Crippen LogP contribution in [0.3, 0.4) is 0 Å². The summed E-state index contributed by atoms with van der Waals surface area (Å²) in [4.78, 5) is 11.8. The minimum atomic E-state index is 0.382. The number of carbonyl (C=O) groups excluding carboxylic acids is 1. The van der Waals surface area contributed by atoms with Crippen LogP contribution in [0.4, 0.5) is 0 Å². The van der Waals surface area contributed by atoms with Gasteiger partial charge >= 0.3 is 0 Å². The van der Waals surface area contributed by atoms with Crippen LogP contribution in [-0.4, -0.2) is 18.5 Å². The molecule has 24 heavy (non-hydrogen) atoms. The van der Waals surface area contributed by atoms with Crippen molar-refractivity contribution in [3.63, 3.8) is 0 Å². The standard InChI is InChI=1S/C22H34O2/c1-3-13-24-21-10-9-20-19-7-5-15-14-16(23)6-8-17(15)18(19)11-12-22(20,21)4-2/h14,17-21H,3-13H2,1-2H3/t17-,18+,19+,20-,21-,22?/m0/s1. The van der Waals surface area contributed by atoms with E-state index >= 15 is 0 Å². The number of ketones is 1. The first-order valence-corrected chi connectivity index (χ1v) is 10.5. The fourth-order valence-corrected chi connectivity index (χ4v) is 7.12. The quantitative estimate of drug-likeness (QED) is 0.698. The van der Waals surface area contributed by atoms with E-state index in [2.05, 4.69) is 13.8 Å². The topological polar surface area (TPSA) is 26.3 Å². The Morgan fingerprint density at radius 2 is 1.96 bits per heavy atom. The minimum absolute atomic E-state index is 0.382. The molecule has 3 fully saturated rings. The second kappa shape index (κ2) is 6.59. The molecular formula is C22H34O2. The Labute approximate surface area is 147 Å². The first kappa shape index (κ1) is 16.8. The molecule has 0 aromatic rings. The molecule has 0 heterocycles. The Kier molecular flexibility index (Phi) is 4.62. The molecule has 0 radical (unpaired) electrons. The number of carbonyl (C=O) groups is 1. The Balaban J connectivity index is 1.57. The Morgan fingerprint density at radius 1 is 1.08 bits per heavy atom. The second-order valence-corrected chi connectivity index (χ2v) is 8.87. The lowest BCUT2D eigenvalue weighted by atomic mass is 9.51. The van der Waals surface area contributed by atoms with E-state index in [9.17, 15) is 4.79 Å². The average molecular weight is 331 g/mol. The van der Waals surface area contributed by atoms with Gasteiger partial charge in [-0.2, -0.15) is 0 Å². The predicted octanol–water partition coefficient (Wildman–Crippen LogP) is 5.31. The van der Waals surface area contributed by atoms with E-state index in [1.807, 2.05) is 6.08 Å². The van der Waals surface area contributed by atoms with Crippen molar-refractivity contribution >= 4 is 5.78 Å². The number of ether oxygens (including phenoxy) is 1.